The number of amides is 1. The lowest BCUT2D eigenvalue weighted by atomic mass is 9.98. The van der Waals surface area contributed by atoms with Gasteiger partial charge in [-0.15, -0.1) is 0 Å². The van der Waals surface area contributed by atoms with Crippen LogP contribution in [0.25, 0.3) is 10.9 Å². The summed E-state index contributed by atoms with van der Waals surface area (Å²) in [5, 5.41) is 12.0. The molecule has 2 N–H and O–H groups in total. The number of fused-ring (bicyclic) bond motifs is 1. The minimum Gasteiger partial charge on any atom is -0.488 e. The zero-order valence-corrected chi connectivity index (χ0v) is 21.0. The average molecular weight is 561 g/mol. The van der Waals surface area contributed by atoms with Gasteiger partial charge in [0, 0.05) is 28.3 Å². The van der Waals surface area contributed by atoms with Crippen molar-refractivity contribution in [2.45, 2.75) is 12.3 Å². The zero-order valence-electron chi connectivity index (χ0n) is 20.2. The molecule has 1 heterocycles. The summed E-state index contributed by atoms with van der Waals surface area (Å²) in [6.07, 6.45) is -2.00. The second-order valence-electron chi connectivity index (χ2n) is 8.46. The van der Waals surface area contributed by atoms with Crippen LogP contribution >= 0.6 is 0 Å². The van der Waals surface area contributed by atoms with E-state index in [0.717, 1.165) is 41.3 Å². The van der Waals surface area contributed by atoms with E-state index in [0.29, 0.717) is 10.9 Å². The van der Waals surface area contributed by atoms with Gasteiger partial charge in [0.1, 0.15) is 18.1 Å². The van der Waals surface area contributed by atoms with Crippen LogP contribution in [0.15, 0.2) is 72.8 Å². The van der Waals surface area contributed by atoms with Crippen molar-refractivity contribution < 1.29 is 35.5 Å². The molecule has 4 rings (SSSR count). The van der Waals surface area contributed by atoms with Crippen LogP contribution < -0.4 is 14.9 Å². The van der Waals surface area contributed by atoms with Gasteiger partial charge in [0.2, 0.25) is 10.0 Å². The molecule has 0 aliphatic carbocycles. The fourth-order valence-corrected chi connectivity index (χ4v) is 4.36. The molecule has 202 valence electrons. The lowest BCUT2D eigenvalue weighted by Crippen LogP contribution is -2.27. The highest BCUT2D eigenvalue weighted by Gasteiger charge is 2.35. The van der Waals surface area contributed by atoms with E-state index < -0.39 is 46.0 Å². The summed E-state index contributed by atoms with van der Waals surface area (Å²) in [4.78, 5) is 15.5. The number of alkyl halides is 4. The number of nitrogens with zero attached hydrogens (tertiary/aromatic N) is 2. The Morgan fingerprint density at radius 2 is 1.79 bits per heavy atom. The molecule has 4 aromatic rings. The molecule has 13 heteroatoms. The molecule has 0 bridgehead atoms. The molecular weight excluding hydrogens is 540 g/mol. The predicted octanol–water partition coefficient (Wildman–Crippen LogP) is 5.05. The van der Waals surface area contributed by atoms with Gasteiger partial charge in [0.05, 0.1) is 23.4 Å². The van der Waals surface area contributed by atoms with E-state index in [-0.39, 0.29) is 22.7 Å². The first kappa shape index (κ1) is 27.5. The summed E-state index contributed by atoms with van der Waals surface area (Å²) in [7, 11) is -3.83. The molecule has 0 unspecified atom stereocenters. The lowest BCUT2D eigenvalue weighted by Gasteiger charge is -2.20. The van der Waals surface area contributed by atoms with Crippen LogP contribution in [-0.4, -0.2) is 38.3 Å². The Morgan fingerprint density at radius 3 is 2.49 bits per heavy atom. The summed E-state index contributed by atoms with van der Waals surface area (Å²) in [5.74, 6) is -4.95. The molecule has 0 aliphatic heterocycles. The number of carbonyl (C=O) groups is 1. The third-order valence-corrected chi connectivity index (χ3v) is 5.97. The third-order valence-electron chi connectivity index (χ3n) is 5.46. The SMILES string of the molecule is CS(=O)(=O)Nn1c(C(=O)Nc2cc(OCC(F)F)cc(C(F)(F)c3cccc(C#N)c3)c2)cc2ccccc21. The number of para-hydroxylation sites is 1. The van der Waals surface area contributed by atoms with Crippen LogP contribution in [0.3, 0.4) is 0 Å². The highest BCUT2D eigenvalue weighted by atomic mass is 32.2. The van der Waals surface area contributed by atoms with Gasteiger partial charge in [-0.1, -0.05) is 30.3 Å². The van der Waals surface area contributed by atoms with Crippen LogP contribution in [0.4, 0.5) is 23.2 Å². The van der Waals surface area contributed by atoms with Crippen LogP contribution in [0.5, 0.6) is 5.75 Å². The molecular formula is C26H20F4N4O4S. The number of sulfonamides is 1. The first-order valence-corrected chi connectivity index (χ1v) is 13.1. The number of rotatable bonds is 9. The van der Waals surface area contributed by atoms with E-state index in [2.05, 4.69) is 10.1 Å². The van der Waals surface area contributed by atoms with Crippen molar-refractivity contribution in [1.29, 1.82) is 5.26 Å². The number of halogens is 4. The smallest absolute Gasteiger partial charge is 0.298 e. The largest absolute Gasteiger partial charge is 0.488 e. The summed E-state index contributed by atoms with van der Waals surface area (Å²) < 4.78 is 86.5. The van der Waals surface area contributed by atoms with E-state index >= 15 is 8.78 Å². The Kier molecular flexibility index (Phi) is 7.51. The van der Waals surface area contributed by atoms with Crippen molar-refractivity contribution in [3.8, 4) is 11.8 Å². The van der Waals surface area contributed by atoms with Crippen LogP contribution in [-0.2, 0) is 15.9 Å². The van der Waals surface area contributed by atoms with Crippen LogP contribution in [0, 0.1) is 11.3 Å². The Morgan fingerprint density at radius 1 is 1.05 bits per heavy atom. The number of benzene rings is 3. The molecule has 0 spiro atoms. The monoisotopic (exact) mass is 560 g/mol. The van der Waals surface area contributed by atoms with Gasteiger partial charge < -0.3 is 10.1 Å². The van der Waals surface area contributed by atoms with Crippen LogP contribution in [0.2, 0.25) is 0 Å². The molecule has 0 fully saturated rings. The van der Waals surface area contributed by atoms with Crippen molar-refractivity contribution >= 4 is 32.5 Å². The molecule has 1 amide bonds. The summed E-state index contributed by atoms with van der Waals surface area (Å²) in [6.45, 7) is -1.08. The minimum absolute atomic E-state index is 0.0167. The number of hydrogen-bond acceptors (Lipinski definition) is 5. The second-order valence-corrected chi connectivity index (χ2v) is 10.2. The second kappa shape index (κ2) is 10.7. The van der Waals surface area contributed by atoms with Gasteiger partial charge in [-0.2, -0.15) is 14.0 Å². The van der Waals surface area contributed by atoms with Crippen molar-refractivity contribution in [1.82, 2.24) is 4.68 Å². The topological polar surface area (TPSA) is 113 Å². The van der Waals surface area contributed by atoms with Gasteiger partial charge >= 0.3 is 0 Å². The number of ether oxygens (including phenoxy) is 1. The maximum Gasteiger partial charge on any atom is 0.298 e. The Hall–Kier alpha value is -4.57. The molecule has 3 aromatic carbocycles. The normalized spacial score (nSPS) is 11.8. The van der Waals surface area contributed by atoms with Gasteiger partial charge in [-0.05, 0) is 36.4 Å². The average Bonchev–Trinajstić information content (AvgIpc) is 3.24. The molecule has 39 heavy (non-hydrogen) atoms. The Labute approximate surface area is 220 Å². The van der Waals surface area contributed by atoms with Gasteiger partial charge in [-0.3, -0.25) is 4.79 Å². The minimum atomic E-state index is -3.83. The van der Waals surface area contributed by atoms with Crippen molar-refractivity contribution in [3.63, 3.8) is 0 Å². The lowest BCUT2D eigenvalue weighted by molar-refractivity contribution is 0.0421. The zero-order chi connectivity index (χ0) is 28.4. The highest BCUT2D eigenvalue weighted by molar-refractivity contribution is 7.91. The maximum absolute atomic E-state index is 15.5. The Bertz CT molecular complexity index is 1700. The molecule has 0 atom stereocenters. The molecule has 8 nitrogen and oxygen atoms in total. The first-order chi connectivity index (χ1) is 18.4. The molecule has 0 radical (unpaired) electrons. The van der Waals surface area contributed by atoms with Gasteiger partial charge in [0.25, 0.3) is 18.3 Å². The number of hydrogen-bond donors (Lipinski definition) is 2. The predicted molar refractivity (Wildman–Crippen MR) is 136 cm³/mol. The third kappa shape index (κ3) is 6.29. The molecule has 0 aliphatic rings. The number of nitrogens with one attached hydrogen (secondary N) is 2. The van der Waals surface area contributed by atoms with E-state index in [1.165, 1.54) is 18.2 Å². The maximum atomic E-state index is 15.5. The molecule has 0 saturated carbocycles. The van der Waals surface area contributed by atoms with Crippen molar-refractivity contribution in [2.75, 3.05) is 23.0 Å². The van der Waals surface area contributed by atoms with Gasteiger partial charge in [0.15, 0.2) is 0 Å². The van der Waals surface area contributed by atoms with Crippen molar-refractivity contribution in [2.24, 2.45) is 0 Å². The molecule has 0 saturated heterocycles. The number of nitriles is 1. The van der Waals surface area contributed by atoms with Crippen molar-refractivity contribution in [3.05, 3.63) is 95.2 Å². The summed E-state index contributed by atoms with van der Waals surface area (Å²) >= 11 is 0. The molecule has 1 aromatic heterocycles. The standard InChI is InChI=1S/C26H20F4N4O4S/c1-39(36,37)33-34-22-8-3-2-6-17(22)10-23(34)25(35)32-20-11-19(12-21(13-20)38-15-24(27)28)26(29,30)18-7-4-5-16(9-18)14-31/h2-13,24,33H,15H2,1H3,(H,32,35). The highest BCUT2D eigenvalue weighted by Crippen LogP contribution is 2.39. The quantitative estimate of drug-likeness (QED) is 0.278. The fraction of sp³-hybridized carbons (Fsp3) is 0.154. The number of aromatic nitrogens is 1. The summed E-state index contributed by atoms with van der Waals surface area (Å²) in [5.41, 5.74) is -1.30. The van der Waals surface area contributed by atoms with E-state index in [4.69, 9.17) is 10.00 Å². The summed E-state index contributed by atoms with van der Waals surface area (Å²) in [6, 6.07) is 17.3. The van der Waals surface area contributed by atoms with E-state index in [9.17, 15) is 22.0 Å². The van der Waals surface area contributed by atoms with E-state index in [1.807, 2.05) is 0 Å². The van der Waals surface area contributed by atoms with E-state index in [1.54, 1.807) is 30.3 Å². The first-order valence-electron chi connectivity index (χ1n) is 11.2. The van der Waals surface area contributed by atoms with Crippen LogP contribution in [0.1, 0.15) is 27.2 Å². The Balaban J connectivity index is 1.76. The van der Waals surface area contributed by atoms with Gasteiger partial charge in [-0.25, -0.2) is 26.7 Å². The fourth-order valence-electron chi connectivity index (χ4n) is 3.83. The number of carbonyl (C=O) groups excluding carboxylic acids is 1. The number of anilines is 1.